The minimum atomic E-state index is -0.328. The standard InChI is InChI=1S/C27H34ClNO4.C6H12O2/c1-3-4-19-13-23(28)8-9-24(19)22-15-29(14-20-6-7-21(20)16-30)25-11-18(12-27(31)32-2)5-10-26(25)33-17-22;1-5(7)8-6(2,3)4/h5,8-11,13,20-22,30H,3-4,6-7,12,14-17H2,1-2H3;1-4H3. The summed E-state index contributed by atoms with van der Waals surface area (Å²) in [5.41, 5.74) is 4.19. The molecule has 3 atom stereocenters. The molecule has 2 aliphatic rings. The van der Waals surface area contributed by atoms with Crippen molar-refractivity contribution < 1.29 is 28.9 Å². The van der Waals surface area contributed by atoms with Crippen LogP contribution in [0.3, 0.4) is 0 Å². The molecule has 4 rings (SSSR count). The lowest BCUT2D eigenvalue weighted by molar-refractivity contribution is -0.152. The smallest absolute Gasteiger partial charge is 0.309 e. The van der Waals surface area contributed by atoms with Gasteiger partial charge in [-0.15, -0.1) is 0 Å². The van der Waals surface area contributed by atoms with Crippen LogP contribution in [0, 0.1) is 11.8 Å². The third-order valence-electron chi connectivity index (χ3n) is 7.60. The molecule has 226 valence electrons. The lowest BCUT2D eigenvalue weighted by atomic mass is 9.73. The summed E-state index contributed by atoms with van der Waals surface area (Å²) in [5, 5.41) is 10.5. The van der Waals surface area contributed by atoms with E-state index < -0.39 is 0 Å². The van der Waals surface area contributed by atoms with Gasteiger partial charge in [0.25, 0.3) is 0 Å². The third-order valence-corrected chi connectivity index (χ3v) is 7.83. The van der Waals surface area contributed by atoms with E-state index in [-0.39, 0.29) is 36.5 Å². The average Bonchev–Trinajstić information content (AvgIpc) is 3.05. The van der Waals surface area contributed by atoms with Crippen molar-refractivity contribution in [3.63, 3.8) is 0 Å². The SMILES string of the molecule is CC(=O)OC(C)(C)C.CCCc1cc(Cl)ccc1C1COc2ccc(CC(=O)OC)cc2N(CC2CCC2CO)C1. The molecule has 1 aliphatic carbocycles. The number of aliphatic hydroxyl groups excluding tert-OH is 1. The third kappa shape index (κ3) is 9.64. The van der Waals surface area contributed by atoms with Gasteiger partial charge in [-0.25, -0.2) is 0 Å². The Bertz CT molecular complexity index is 1170. The molecule has 0 bridgehead atoms. The van der Waals surface area contributed by atoms with Crippen LogP contribution >= 0.6 is 11.6 Å². The Morgan fingerprint density at radius 2 is 1.85 bits per heavy atom. The molecule has 0 saturated heterocycles. The number of ether oxygens (including phenoxy) is 3. The van der Waals surface area contributed by atoms with Gasteiger partial charge < -0.3 is 24.2 Å². The number of rotatable bonds is 8. The first-order valence-corrected chi connectivity index (χ1v) is 15.0. The lowest BCUT2D eigenvalue weighted by Crippen LogP contribution is -2.41. The molecule has 1 fully saturated rings. The van der Waals surface area contributed by atoms with Gasteiger partial charge in [0.1, 0.15) is 11.4 Å². The molecular formula is C33H46ClNO6. The summed E-state index contributed by atoms with van der Waals surface area (Å²) in [6.07, 6.45) is 4.50. The Morgan fingerprint density at radius 3 is 2.41 bits per heavy atom. The fourth-order valence-corrected chi connectivity index (χ4v) is 5.74. The maximum atomic E-state index is 11.9. The zero-order valence-electron chi connectivity index (χ0n) is 25.4. The quantitative estimate of drug-likeness (QED) is 0.360. The number of carbonyl (C=O) groups is 2. The lowest BCUT2D eigenvalue weighted by Gasteiger charge is -2.40. The zero-order valence-corrected chi connectivity index (χ0v) is 26.1. The van der Waals surface area contributed by atoms with Gasteiger partial charge in [-0.1, -0.05) is 37.1 Å². The molecule has 1 heterocycles. The number of hydrogen-bond donors (Lipinski definition) is 1. The Hall–Kier alpha value is -2.77. The zero-order chi connectivity index (χ0) is 30.2. The summed E-state index contributed by atoms with van der Waals surface area (Å²) in [6.45, 7) is 11.6. The van der Waals surface area contributed by atoms with Crippen LogP contribution in [-0.2, 0) is 31.9 Å². The number of methoxy groups -OCH3 is 1. The molecule has 7 nitrogen and oxygen atoms in total. The van der Waals surface area contributed by atoms with E-state index in [0.29, 0.717) is 18.4 Å². The summed E-state index contributed by atoms with van der Waals surface area (Å²) in [7, 11) is 1.41. The van der Waals surface area contributed by atoms with Crippen LogP contribution in [0.4, 0.5) is 5.69 Å². The van der Waals surface area contributed by atoms with Crippen molar-refractivity contribution in [1.29, 1.82) is 0 Å². The number of halogens is 1. The normalized spacial score (nSPS) is 19.9. The number of fused-ring (bicyclic) bond motifs is 1. The molecule has 8 heteroatoms. The van der Waals surface area contributed by atoms with E-state index in [4.69, 9.17) is 25.8 Å². The van der Waals surface area contributed by atoms with Crippen molar-refractivity contribution in [3.05, 3.63) is 58.1 Å². The number of aliphatic hydroxyl groups is 1. The first-order chi connectivity index (χ1) is 19.4. The molecule has 1 saturated carbocycles. The molecular weight excluding hydrogens is 542 g/mol. The maximum absolute atomic E-state index is 11.9. The summed E-state index contributed by atoms with van der Waals surface area (Å²) in [6, 6.07) is 12.2. The van der Waals surface area contributed by atoms with Crippen LogP contribution < -0.4 is 9.64 Å². The van der Waals surface area contributed by atoms with Crippen LogP contribution in [0.25, 0.3) is 0 Å². The van der Waals surface area contributed by atoms with Crippen molar-refractivity contribution in [2.24, 2.45) is 11.8 Å². The second-order valence-corrected chi connectivity index (χ2v) is 12.5. The molecule has 3 unspecified atom stereocenters. The van der Waals surface area contributed by atoms with E-state index in [1.165, 1.54) is 25.2 Å². The van der Waals surface area contributed by atoms with E-state index >= 15 is 0 Å². The fraction of sp³-hybridized carbons (Fsp3) is 0.576. The minimum Gasteiger partial charge on any atom is -0.491 e. The molecule has 0 amide bonds. The molecule has 0 radical (unpaired) electrons. The Kier molecular flexibility index (Phi) is 11.9. The van der Waals surface area contributed by atoms with E-state index in [9.17, 15) is 14.7 Å². The van der Waals surface area contributed by atoms with Crippen molar-refractivity contribution in [2.45, 2.75) is 78.2 Å². The van der Waals surface area contributed by atoms with Crippen molar-refractivity contribution >= 4 is 29.2 Å². The van der Waals surface area contributed by atoms with E-state index in [1.807, 2.05) is 39.0 Å². The van der Waals surface area contributed by atoms with E-state index in [2.05, 4.69) is 30.0 Å². The van der Waals surface area contributed by atoms with E-state index in [1.54, 1.807) is 0 Å². The topological polar surface area (TPSA) is 85.3 Å². The van der Waals surface area contributed by atoms with Crippen LogP contribution in [0.2, 0.25) is 5.02 Å². The van der Waals surface area contributed by atoms with Gasteiger partial charge in [0.2, 0.25) is 0 Å². The molecule has 1 N–H and O–H groups in total. The number of carbonyl (C=O) groups excluding carboxylic acids is 2. The van der Waals surface area contributed by atoms with Crippen LogP contribution in [-0.4, -0.2) is 56.1 Å². The summed E-state index contributed by atoms with van der Waals surface area (Å²) in [4.78, 5) is 24.5. The highest BCUT2D eigenvalue weighted by atomic mass is 35.5. The summed E-state index contributed by atoms with van der Waals surface area (Å²) in [5.74, 6) is 1.40. The minimum absolute atomic E-state index is 0.202. The first kappa shape index (κ1) is 32.7. The van der Waals surface area contributed by atoms with Gasteiger partial charge in [-0.3, -0.25) is 9.59 Å². The van der Waals surface area contributed by atoms with Gasteiger partial charge in [-0.05, 0) is 92.8 Å². The second-order valence-electron chi connectivity index (χ2n) is 12.0. The Labute approximate surface area is 250 Å². The summed E-state index contributed by atoms with van der Waals surface area (Å²) < 4.78 is 16.0. The first-order valence-electron chi connectivity index (χ1n) is 14.6. The number of aryl methyl sites for hydroxylation is 1. The number of hydrogen-bond acceptors (Lipinski definition) is 7. The monoisotopic (exact) mass is 587 g/mol. The van der Waals surface area contributed by atoms with Crippen molar-refractivity contribution in [1.82, 2.24) is 0 Å². The van der Waals surface area contributed by atoms with Crippen LogP contribution in [0.15, 0.2) is 36.4 Å². The number of benzene rings is 2. The van der Waals surface area contributed by atoms with Crippen molar-refractivity contribution in [3.8, 4) is 5.75 Å². The van der Waals surface area contributed by atoms with Gasteiger partial charge in [0.05, 0.1) is 25.8 Å². The second kappa shape index (κ2) is 14.9. The van der Waals surface area contributed by atoms with Gasteiger partial charge in [0.15, 0.2) is 0 Å². The van der Waals surface area contributed by atoms with Crippen LogP contribution in [0.5, 0.6) is 5.75 Å². The Morgan fingerprint density at radius 1 is 1.12 bits per heavy atom. The van der Waals surface area contributed by atoms with Gasteiger partial charge in [0, 0.05) is 37.6 Å². The Balaban J connectivity index is 0.000000507. The highest BCUT2D eigenvalue weighted by molar-refractivity contribution is 6.30. The predicted molar refractivity (Wildman–Crippen MR) is 163 cm³/mol. The fourth-order valence-electron chi connectivity index (χ4n) is 5.54. The highest BCUT2D eigenvalue weighted by Gasteiger charge is 2.34. The molecule has 2 aromatic rings. The predicted octanol–water partition coefficient (Wildman–Crippen LogP) is 6.36. The maximum Gasteiger partial charge on any atom is 0.309 e. The molecule has 0 aromatic heterocycles. The number of anilines is 1. The van der Waals surface area contributed by atoms with Gasteiger partial charge in [-0.2, -0.15) is 0 Å². The number of esters is 2. The number of nitrogens with zero attached hydrogens (tertiary/aromatic N) is 1. The van der Waals surface area contributed by atoms with Crippen LogP contribution in [0.1, 0.15) is 76.5 Å². The summed E-state index contributed by atoms with van der Waals surface area (Å²) >= 11 is 6.32. The molecule has 41 heavy (non-hydrogen) atoms. The van der Waals surface area contributed by atoms with Crippen molar-refractivity contribution in [2.75, 3.05) is 38.3 Å². The molecule has 2 aromatic carbocycles. The molecule has 1 aliphatic heterocycles. The highest BCUT2D eigenvalue weighted by Crippen LogP contribution is 2.41. The largest absolute Gasteiger partial charge is 0.491 e. The van der Waals surface area contributed by atoms with E-state index in [0.717, 1.165) is 60.8 Å². The molecule has 0 spiro atoms. The van der Waals surface area contributed by atoms with Gasteiger partial charge >= 0.3 is 11.9 Å². The average molecular weight is 588 g/mol.